The van der Waals surface area contributed by atoms with Gasteiger partial charge in [0.25, 0.3) is 0 Å². The number of benzene rings is 1. The van der Waals surface area contributed by atoms with Gasteiger partial charge in [-0.15, -0.1) is 36.6 Å². The van der Waals surface area contributed by atoms with Gasteiger partial charge in [-0.05, 0) is 50.6 Å². The summed E-state index contributed by atoms with van der Waals surface area (Å²) in [5, 5.41) is 4.49. The van der Waals surface area contributed by atoms with Crippen LogP contribution >= 0.6 is 36.6 Å². The van der Waals surface area contributed by atoms with Crippen LogP contribution in [0.4, 0.5) is 4.39 Å². The molecule has 0 aliphatic carbocycles. The molecule has 35 heavy (non-hydrogen) atoms. The maximum absolute atomic E-state index is 14.6. The first-order valence-electron chi connectivity index (χ1n) is 11.5. The molecule has 2 aliphatic heterocycles. The number of likely N-dealkylation sites (tertiary alicyclic amines) is 1. The molecule has 0 spiro atoms. The predicted octanol–water partition coefficient (Wildman–Crippen LogP) is 4.90. The lowest BCUT2D eigenvalue weighted by molar-refractivity contribution is 0.198. The van der Waals surface area contributed by atoms with Crippen LogP contribution < -0.4 is 14.8 Å². The number of nitrogens with one attached hydrogen (secondary N) is 1. The van der Waals surface area contributed by atoms with Gasteiger partial charge in [0, 0.05) is 48.1 Å². The third kappa shape index (κ3) is 6.68. The molecule has 4 heterocycles. The fraction of sp³-hybridized carbons (Fsp3) is 0.440. The fourth-order valence-electron chi connectivity index (χ4n) is 4.55. The van der Waals surface area contributed by atoms with Gasteiger partial charge in [-0.2, -0.15) is 0 Å². The summed E-state index contributed by atoms with van der Waals surface area (Å²) in [4.78, 5) is 12.4. The highest BCUT2D eigenvalue weighted by Gasteiger charge is 2.20. The second-order valence-electron chi connectivity index (χ2n) is 8.53. The molecule has 1 N–H and O–H groups in total. The van der Waals surface area contributed by atoms with Crippen molar-refractivity contribution in [3.8, 4) is 11.5 Å². The van der Waals surface area contributed by atoms with Crippen LogP contribution in [0.2, 0.25) is 0 Å². The van der Waals surface area contributed by atoms with Crippen LogP contribution in [0.3, 0.4) is 0 Å². The van der Waals surface area contributed by atoms with Crippen molar-refractivity contribution in [1.82, 2.24) is 20.2 Å². The average Bonchev–Trinajstić information content (AvgIpc) is 2.87. The molecular formula is C25H31Cl2FN4O2S. The number of thioether (sulfide) groups is 1. The molecule has 10 heteroatoms. The van der Waals surface area contributed by atoms with Gasteiger partial charge in [0.2, 0.25) is 0 Å². The number of hydrogen-bond acceptors (Lipinski definition) is 7. The number of fused-ring (bicyclic) bond motifs is 2. The van der Waals surface area contributed by atoms with E-state index in [1.54, 1.807) is 18.9 Å². The van der Waals surface area contributed by atoms with E-state index < -0.39 is 0 Å². The number of methoxy groups -OCH3 is 1. The van der Waals surface area contributed by atoms with Crippen LogP contribution in [0.1, 0.15) is 24.1 Å². The highest BCUT2D eigenvalue weighted by atomic mass is 35.5. The summed E-state index contributed by atoms with van der Waals surface area (Å²) in [7, 11) is 1.63. The van der Waals surface area contributed by atoms with Gasteiger partial charge >= 0.3 is 0 Å². The summed E-state index contributed by atoms with van der Waals surface area (Å²) in [5.41, 5.74) is 2.54. The van der Waals surface area contributed by atoms with E-state index in [0.29, 0.717) is 12.5 Å². The molecule has 2 aliphatic rings. The zero-order valence-corrected chi connectivity index (χ0v) is 22.1. The van der Waals surface area contributed by atoms with Gasteiger partial charge in [0.1, 0.15) is 17.3 Å². The molecule has 0 unspecified atom stereocenters. The zero-order chi connectivity index (χ0) is 22.6. The Morgan fingerprint density at radius 2 is 2.00 bits per heavy atom. The third-order valence-corrected chi connectivity index (χ3v) is 7.45. The van der Waals surface area contributed by atoms with Crippen LogP contribution in [0.5, 0.6) is 11.5 Å². The molecule has 190 valence electrons. The minimum atomic E-state index is -0.243. The molecule has 1 aromatic carbocycles. The Hall–Kier alpha value is -1.84. The SMILES string of the molecule is COc1ccc2ncc(F)c(CCN3CCC(NCc4cc5c(cn4)SCCO5)CC3)c2c1.Cl.Cl. The molecule has 5 rings (SSSR count). The molecule has 1 saturated heterocycles. The minimum Gasteiger partial charge on any atom is -0.497 e. The van der Waals surface area contributed by atoms with Crippen molar-refractivity contribution in [3.05, 3.63) is 53.7 Å². The van der Waals surface area contributed by atoms with Crippen molar-refractivity contribution in [2.45, 2.75) is 36.7 Å². The molecule has 0 radical (unpaired) electrons. The van der Waals surface area contributed by atoms with E-state index in [0.717, 1.165) is 89.9 Å². The summed E-state index contributed by atoms with van der Waals surface area (Å²) in [6.45, 7) is 4.36. The molecule has 6 nitrogen and oxygen atoms in total. The lowest BCUT2D eigenvalue weighted by Crippen LogP contribution is -2.43. The molecule has 1 fully saturated rings. The van der Waals surface area contributed by atoms with Crippen molar-refractivity contribution < 1.29 is 13.9 Å². The number of hydrogen-bond donors (Lipinski definition) is 1. The van der Waals surface area contributed by atoms with Crippen molar-refractivity contribution in [2.24, 2.45) is 0 Å². The molecule has 2 aromatic heterocycles. The Bertz CT molecular complexity index is 1130. The first kappa shape index (κ1) is 27.7. The summed E-state index contributed by atoms with van der Waals surface area (Å²) >= 11 is 1.80. The van der Waals surface area contributed by atoms with Crippen LogP contribution in [0, 0.1) is 5.82 Å². The fourth-order valence-corrected chi connectivity index (χ4v) is 5.32. The van der Waals surface area contributed by atoms with Gasteiger partial charge in [-0.1, -0.05) is 0 Å². The first-order valence-corrected chi connectivity index (χ1v) is 12.5. The molecule has 0 atom stereocenters. The lowest BCUT2D eigenvalue weighted by atomic mass is 10.0. The minimum absolute atomic E-state index is 0. The zero-order valence-electron chi connectivity index (χ0n) is 19.7. The number of halogens is 3. The average molecular weight is 542 g/mol. The summed E-state index contributed by atoms with van der Waals surface area (Å²) in [6.07, 6.45) is 6.07. The number of ether oxygens (including phenoxy) is 2. The maximum atomic E-state index is 14.6. The van der Waals surface area contributed by atoms with Gasteiger partial charge in [-0.3, -0.25) is 9.97 Å². The van der Waals surface area contributed by atoms with Crippen LogP contribution in [0.15, 0.2) is 41.6 Å². The van der Waals surface area contributed by atoms with Crippen molar-refractivity contribution in [1.29, 1.82) is 0 Å². The second kappa shape index (κ2) is 12.9. The van der Waals surface area contributed by atoms with Crippen molar-refractivity contribution in [2.75, 3.05) is 39.1 Å². The van der Waals surface area contributed by atoms with Crippen molar-refractivity contribution in [3.63, 3.8) is 0 Å². The number of aromatic nitrogens is 2. The number of piperidine rings is 1. The van der Waals surface area contributed by atoms with Crippen LogP contribution in [-0.4, -0.2) is 60.0 Å². The summed E-state index contributed by atoms with van der Waals surface area (Å²) in [6, 6.07) is 8.16. The van der Waals surface area contributed by atoms with Crippen LogP contribution in [0.25, 0.3) is 10.9 Å². The highest BCUT2D eigenvalue weighted by Crippen LogP contribution is 2.32. The first-order chi connectivity index (χ1) is 16.2. The largest absolute Gasteiger partial charge is 0.497 e. The normalized spacial score (nSPS) is 16.1. The molecule has 0 saturated carbocycles. The molecule has 0 bridgehead atoms. The standard InChI is InChI=1S/C25H29FN4O2S.2ClH/c1-31-19-2-3-23-21(13-19)20(22(26)15-29-23)6-9-30-7-4-17(5-8-30)27-14-18-12-24-25(16-28-18)33-11-10-32-24;;/h2-3,12-13,15-17,27H,4-11,14H2,1H3;2*1H. The van der Waals surface area contributed by atoms with E-state index in [-0.39, 0.29) is 30.6 Å². The third-order valence-electron chi connectivity index (χ3n) is 6.46. The van der Waals surface area contributed by atoms with E-state index in [2.05, 4.69) is 26.3 Å². The number of nitrogens with zero attached hydrogens (tertiary/aromatic N) is 3. The van der Waals surface area contributed by atoms with Gasteiger partial charge in [0.05, 0.1) is 36.0 Å². The van der Waals surface area contributed by atoms with E-state index in [4.69, 9.17) is 9.47 Å². The summed E-state index contributed by atoms with van der Waals surface area (Å²) in [5.74, 6) is 2.43. The van der Waals surface area contributed by atoms with E-state index >= 15 is 0 Å². The molecule has 3 aromatic rings. The van der Waals surface area contributed by atoms with E-state index in [1.807, 2.05) is 24.4 Å². The Morgan fingerprint density at radius 1 is 1.17 bits per heavy atom. The van der Waals surface area contributed by atoms with Gasteiger partial charge in [0.15, 0.2) is 0 Å². The number of rotatable bonds is 7. The molecular weight excluding hydrogens is 510 g/mol. The molecule has 0 amide bonds. The quantitative estimate of drug-likeness (QED) is 0.457. The maximum Gasteiger partial charge on any atom is 0.145 e. The lowest BCUT2D eigenvalue weighted by Gasteiger charge is -2.32. The topological polar surface area (TPSA) is 59.5 Å². The Kier molecular flexibility index (Phi) is 10.2. The summed E-state index contributed by atoms with van der Waals surface area (Å²) < 4.78 is 25.7. The smallest absolute Gasteiger partial charge is 0.145 e. The van der Waals surface area contributed by atoms with Gasteiger partial charge < -0.3 is 19.7 Å². The van der Waals surface area contributed by atoms with Gasteiger partial charge in [-0.25, -0.2) is 4.39 Å². The highest BCUT2D eigenvalue weighted by molar-refractivity contribution is 7.99. The van der Waals surface area contributed by atoms with Crippen LogP contribution in [-0.2, 0) is 13.0 Å². The van der Waals surface area contributed by atoms with Crippen molar-refractivity contribution >= 4 is 47.5 Å². The Labute approximate surface area is 222 Å². The Balaban J connectivity index is 0.00000171. The second-order valence-corrected chi connectivity index (χ2v) is 9.67. The Morgan fingerprint density at radius 3 is 2.80 bits per heavy atom. The monoisotopic (exact) mass is 540 g/mol. The van der Waals surface area contributed by atoms with E-state index in [9.17, 15) is 4.39 Å². The number of pyridine rings is 2. The van der Waals surface area contributed by atoms with E-state index in [1.165, 1.54) is 6.20 Å². The predicted molar refractivity (Wildman–Crippen MR) is 143 cm³/mol.